The van der Waals surface area contributed by atoms with Crippen molar-refractivity contribution >= 4 is 21.7 Å². The molecule has 3 aromatic rings. The molecule has 0 aliphatic rings. The molecule has 0 bridgehead atoms. The number of esters is 1. The minimum absolute atomic E-state index is 0.0182. The normalized spacial score (nSPS) is 10.9. The van der Waals surface area contributed by atoms with E-state index in [1.807, 2.05) is 42.5 Å². The quantitative estimate of drug-likeness (QED) is 0.524. The molecule has 3 aromatic carbocycles. The van der Waals surface area contributed by atoms with Crippen molar-refractivity contribution in [2.75, 3.05) is 17.1 Å². The fraction of sp³-hybridized carbons (Fsp3) is 0.167. The molecule has 0 aliphatic heterocycles. The average molecular weight is 435 g/mol. The van der Waals surface area contributed by atoms with Gasteiger partial charge in [-0.2, -0.15) is 5.26 Å². The first-order valence-electron chi connectivity index (χ1n) is 9.57. The molecule has 7 heteroatoms. The molecule has 0 saturated carbocycles. The predicted octanol–water partition coefficient (Wildman–Crippen LogP) is 4.04. The topological polar surface area (TPSA) is 87.5 Å². The van der Waals surface area contributed by atoms with E-state index in [1.54, 1.807) is 37.3 Å². The summed E-state index contributed by atoms with van der Waals surface area (Å²) in [7, 11) is -3.66. The Hall–Kier alpha value is -3.63. The molecular weight excluding hydrogens is 412 g/mol. The number of benzene rings is 3. The van der Waals surface area contributed by atoms with Crippen LogP contribution in [-0.2, 0) is 26.2 Å². The van der Waals surface area contributed by atoms with Crippen LogP contribution in [0.15, 0.2) is 72.8 Å². The lowest BCUT2D eigenvalue weighted by Gasteiger charge is -2.23. The van der Waals surface area contributed by atoms with Gasteiger partial charge >= 0.3 is 5.97 Å². The van der Waals surface area contributed by atoms with Crippen LogP contribution in [0.1, 0.15) is 16.7 Å². The molecule has 0 spiro atoms. The van der Waals surface area contributed by atoms with Crippen LogP contribution in [-0.4, -0.2) is 27.2 Å². The SMILES string of the molecule is Cc1ccccc1N(CC(=O)OCc1ccc(-c2ccccc2C#N)cc1)S(C)(=O)=O. The fourth-order valence-corrected chi connectivity index (χ4v) is 4.07. The van der Waals surface area contributed by atoms with Gasteiger partial charge in [0.2, 0.25) is 10.0 Å². The number of hydrogen-bond acceptors (Lipinski definition) is 5. The van der Waals surface area contributed by atoms with E-state index in [4.69, 9.17) is 4.74 Å². The number of sulfonamides is 1. The first-order valence-corrected chi connectivity index (χ1v) is 11.4. The van der Waals surface area contributed by atoms with Crippen molar-refractivity contribution in [3.8, 4) is 17.2 Å². The van der Waals surface area contributed by atoms with Gasteiger partial charge in [-0.1, -0.05) is 60.7 Å². The van der Waals surface area contributed by atoms with Gasteiger partial charge in [0.25, 0.3) is 0 Å². The van der Waals surface area contributed by atoms with Crippen molar-refractivity contribution < 1.29 is 17.9 Å². The summed E-state index contributed by atoms with van der Waals surface area (Å²) in [5, 5.41) is 9.25. The smallest absolute Gasteiger partial charge is 0.327 e. The van der Waals surface area contributed by atoms with Crippen LogP contribution < -0.4 is 4.31 Å². The van der Waals surface area contributed by atoms with Crippen molar-refractivity contribution in [3.63, 3.8) is 0 Å². The number of hydrogen-bond donors (Lipinski definition) is 0. The van der Waals surface area contributed by atoms with Crippen molar-refractivity contribution in [1.82, 2.24) is 0 Å². The van der Waals surface area contributed by atoms with Gasteiger partial charge in [-0.15, -0.1) is 0 Å². The lowest BCUT2D eigenvalue weighted by atomic mass is 9.99. The lowest BCUT2D eigenvalue weighted by molar-refractivity contribution is -0.143. The van der Waals surface area contributed by atoms with Crippen LogP contribution in [0.3, 0.4) is 0 Å². The van der Waals surface area contributed by atoms with Crippen LogP contribution in [0.5, 0.6) is 0 Å². The third-order valence-electron chi connectivity index (χ3n) is 4.77. The van der Waals surface area contributed by atoms with Gasteiger partial charge in [0.1, 0.15) is 13.2 Å². The number of aryl methyl sites for hydroxylation is 1. The summed E-state index contributed by atoms with van der Waals surface area (Å²) in [4.78, 5) is 12.4. The average Bonchev–Trinajstić information content (AvgIpc) is 2.76. The van der Waals surface area contributed by atoms with Crippen LogP contribution in [0.2, 0.25) is 0 Å². The van der Waals surface area contributed by atoms with Gasteiger partial charge in [-0.05, 0) is 41.3 Å². The molecule has 3 rings (SSSR count). The Labute approximate surface area is 182 Å². The molecule has 0 N–H and O–H groups in total. The monoisotopic (exact) mass is 434 g/mol. The fourth-order valence-electron chi connectivity index (χ4n) is 3.16. The summed E-state index contributed by atoms with van der Waals surface area (Å²) in [6.45, 7) is 1.40. The summed E-state index contributed by atoms with van der Waals surface area (Å²) >= 11 is 0. The van der Waals surface area contributed by atoms with Gasteiger partial charge in [-0.25, -0.2) is 8.42 Å². The molecule has 6 nitrogen and oxygen atoms in total. The van der Waals surface area contributed by atoms with E-state index in [-0.39, 0.29) is 6.61 Å². The third-order valence-corrected chi connectivity index (χ3v) is 5.90. The van der Waals surface area contributed by atoms with E-state index in [0.29, 0.717) is 11.3 Å². The van der Waals surface area contributed by atoms with Crippen molar-refractivity contribution in [3.05, 3.63) is 89.5 Å². The van der Waals surface area contributed by atoms with Crippen LogP contribution in [0.4, 0.5) is 5.69 Å². The lowest BCUT2D eigenvalue weighted by Crippen LogP contribution is -2.36. The second-order valence-corrected chi connectivity index (χ2v) is 8.98. The summed E-state index contributed by atoms with van der Waals surface area (Å²) in [5.74, 6) is -0.646. The van der Waals surface area contributed by atoms with Gasteiger partial charge in [0.05, 0.1) is 23.6 Å². The first-order chi connectivity index (χ1) is 14.8. The maximum atomic E-state index is 12.4. The molecule has 0 aliphatic carbocycles. The molecule has 0 heterocycles. The highest BCUT2D eigenvalue weighted by atomic mass is 32.2. The van der Waals surface area contributed by atoms with Gasteiger partial charge in [0.15, 0.2) is 0 Å². The van der Waals surface area contributed by atoms with E-state index in [0.717, 1.165) is 32.8 Å². The molecule has 0 fully saturated rings. The Morgan fingerprint density at radius 1 is 1.00 bits per heavy atom. The Morgan fingerprint density at radius 2 is 1.65 bits per heavy atom. The highest BCUT2D eigenvalue weighted by molar-refractivity contribution is 7.92. The van der Waals surface area contributed by atoms with E-state index >= 15 is 0 Å². The Bertz CT molecular complexity index is 1230. The number of carbonyl (C=O) groups excluding carboxylic acids is 1. The number of carbonyl (C=O) groups is 1. The van der Waals surface area contributed by atoms with Crippen LogP contribution in [0.25, 0.3) is 11.1 Å². The zero-order chi connectivity index (χ0) is 22.4. The number of anilines is 1. The number of para-hydroxylation sites is 1. The number of ether oxygens (including phenoxy) is 1. The largest absolute Gasteiger partial charge is 0.459 e. The molecule has 0 saturated heterocycles. The van der Waals surface area contributed by atoms with Crippen molar-refractivity contribution in [2.45, 2.75) is 13.5 Å². The van der Waals surface area contributed by atoms with E-state index in [1.165, 1.54) is 0 Å². The molecule has 158 valence electrons. The minimum atomic E-state index is -3.66. The Morgan fingerprint density at radius 3 is 2.29 bits per heavy atom. The van der Waals surface area contributed by atoms with Crippen LogP contribution in [0, 0.1) is 18.3 Å². The minimum Gasteiger partial charge on any atom is -0.459 e. The predicted molar refractivity (Wildman–Crippen MR) is 120 cm³/mol. The highest BCUT2D eigenvalue weighted by Gasteiger charge is 2.23. The standard InChI is InChI=1S/C24H22N2O4S/c1-18-7-3-6-10-23(18)26(31(2,28)29)16-24(27)30-17-19-11-13-20(14-12-19)22-9-5-4-8-21(22)15-25/h3-14H,16-17H2,1-2H3. The van der Waals surface area contributed by atoms with E-state index in [9.17, 15) is 18.5 Å². The zero-order valence-electron chi connectivity index (χ0n) is 17.3. The molecule has 31 heavy (non-hydrogen) atoms. The summed E-state index contributed by atoms with van der Waals surface area (Å²) in [5.41, 5.74) is 4.24. The maximum Gasteiger partial charge on any atom is 0.327 e. The number of nitrogens with zero attached hydrogens (tertiary/aromatic N) is 2. The maximum absolute atomic E-state index is 12.4. The molecule has 0 radical (unpaired) electrons. The molecule has 0 amide bonds. The molecule has 0 atom stereocenters. The Kier molecular flexibility index (Phi) is 6.73. The van der Waals surface area contributed by atoms with Crippen molar-refractivity contribution in [2.24, 2.45) is 0 Å². The highest BCUT2D eigenvalue weighted by Crippen LogP contribution is 2.24. The summed E-state index contributed by atoms with van der Waals surface area (Å²) in [6.07, 6.45) is 1.06. The molecule has 0 unspecified atom stereocenters. The van der Waals surface area contributed by atoms with Gasteiger partial charge in [0, 0.05) is 0 Å². The number of rotatable bonds is 7. The second kappa shape index (κ2) is 9.45. The molecular formula is C24H22N2O4S. The van der Waals surface area contributed by atoms with E-state index in [2.05, 4.69) is 6.07 Å². The first kappa shape index (κ1) is 22.1. The van der Waals surface area contributed by atoms with Crippen LogP contribution >= 0.6 is 0 Å². The van der Waals surface area contributed by atoms with Gasteiger partial charge < -0.3 is 4.74 Å². The van der Waals surface area contributed by atoms with E-state index < -0.39 is 22.5 Å². The Balaban J connectivity index is 1.68. The molecule has 0 aromatic heterocycles. The van der Waals surface area contributed by atoms with Gasteiger partial charge in [-0.3, -0.25) is 9.10 Å². The summed E-state index contributed by atoms with van der Waals surface area (Å²) < 4.78 is 30.8. The second-order valence-electron chi connectivity index (χ2n) is 7.07. The summed E-state index contributed by atoms with van der Waals surface area (Å²) in [6, 6.07) is 23.8. The van der Waals surface area contributed by atoms with Crippen molar-refractivity contribution in [1.29, 1.82) is 5.26 Å². The number of nitriles is 1. The zero-order valence-corrected chi connectivity index (χ0v) is 18.1. The third kappa shape index (κ3) is 5.50.